The molecule has 6 atom stereocenters. The van der Waals surface area contributed by atoms with Gasteiger partial charge in [-0.1, -0.05) is 46.2 Å². The largest absolute Gasteiger partial charge is 0.495 e. The lowest BCUT2D eigenvalue weighted by Gasteiger charge is -2.35. The number of halogens is 1. The van der Waals surface area contributed by atoms with E-state index in [9.17, 15) is 14.4 Å². The van der Waals surface area contributed by atoms with Gasteiger partial charge in [0.15, 0.2) is 0 Å². The molecule has 3 aliphatic rings. The number of hydrogen-bond donors (Lipinski definition) is 2. The molecule has 3 amide bonds. The molecule has 3 aromatic rings. The summed E-state index contributed by atoms with van der Waals surface area (Å²) in [6.07, 6.45) is 1.77. The SMILES string of the molecule is COc1ccc2c(O[C@@H]3C[C@@H](C(N)=O)N(C(=O)[C@@H](NC(=O)OC4C[C@@H]5C[C@@H]5C4)C(C)(C)C)C3)cc(-c3csc(C(C)C)n3)nc2c1Cl. The second kappa shape index (κ2) is 12.8. The Hall–Kier alpha value is -3.64. The molecule has 2 aromatic heterocycles. The van der Waals surface area contributed by atoms with E-state index in [1.807, 2.05) is 32.2 Å². The van der Waals surface area contributed by atoms with Gasteiger partial charge in [-0.3, -0.25) is 9.59 Å². The van der Waals surface area contributed by atoms with Crippen molar-refractivity contribution in [1.82, 2.24) is 20.2 Å². The summed E-state index contributed by atoms with van der Waals surface area (Å²) in [5, 5.41) is 6.69. The third kappa shape index (κ3) is 6.85. The Kier molecular flexibility index (Phi) is 9.03. The molecule has 13 heteroatoms. The zero-order valence-corrected chi connectivity index (χ0v) is 29.1. The van der Waals surface area contributed by atoms with Gasteiger partial charge in [0.25, 0.3) is 0 Å². The number of likely N-dealkylation sites (tertiary alicyclic amines) is 1. The second-order valence-electron chi connectivity index (χ2n) is 14.3. The maximum atomic E-state index is 14.1. The van der Waals surface area contributed by atoms with Crippen LogP contribution in [0.3, 0.4) is 0 Å². The number of nitrogens with one attached hydrogen (secondary N) is 1. The Morgan fingerprint density at radius 3 is 2.38 bits per heavy atom. The first-order valence-corrected chi connectivity index (χ1v) is 17.4. The van der Waals surface area contributed by atoms with E-state index in [1.165, 1.54) is 18.4 Å². The molecule has 0 spiro atoms. The monoisotopic (exact) mass is 683 g/mol. The van der Waals surface area contributed by atoms with Gasteiger partial charge in [0.1, 0.15) is 46.5 Å². The molecule has 0 bridgehead atoms. The van der Waals surface area contributed by atoms with Gasteiger partial charge in [-0.15, -0.1) is 11.3 Å². The number of nitrogens with two attached hydrogens (primary N) is 1. The number of thiazole rings is 1. The summed E-state index contributed by atoms with van der Waals surface area (Å²) in [5.74, 6) is 1.42. The van der Waals surface area contributed by atoms with E-state index in [-0.39, 0.29) is 25.0 Å². The number of hydrogen-bond acceptors (Lipinski definition) is 9. The van der Waals surface area contributed by atoms with Gasteiger partial charge in [-0.25, -0.2) is 14.8 Å². The van der Waals surface area contributed by atoms with Crippen LogP contribution >= 0.6 is 22.9 Å². The van der Waals surface area contributed by atoms with Crippen molar-refractivity contribution >= 4 is 51.7 Å². The van der Waals surface area contributed by atoms with E-state index in [0.29, 0.717) is 50.6 Å². The molecule has 1 aromatic carbocycles. The first-order chi connectivity index (χ1) is 22.2. The Morgan fingerprint density at radius 2 is 1.77 bits per heavy atom. The molecule has 47 heavy (non-hydrogen) atoms. The maximum Gasteiger partial charge on any atom is 0.408 e. The van der Waals surface area contributed by atoms with Crippen molar-refractivity contribution in [3.05, 3.63) is 33.6 Å². The highest BCUT2D eigenvalue weighted by molar-refractivity contribution is 7.10. The number of pyridine rings is 1. The number of ether oxygens (including phenoxy) is 3. The fourth-order valence-corrected chi connectivity index (χ4v) is 7.83. The number of benzene rings is 1. The summed E-state index contributed by atoms with van der Waals surface area (Å²) in [4.78, 5) is 50.8. The summed E-state index contributed by atoms with van der Waals surface area (Å²) in [7, 11) is 1.54. The summed E-state index contributed by atoms with van der Waals surface area (Å²) in [5.41, 5.74) is 6.89. The van der Waals surface area contributed by atoms with Crippen LogP contribution in [0.2, 0.25) is 5.02 Å². The van der Waals surface area contributed by atoms with E-state index in [4.69, 9.17) is 41.5 Å². The summed E-state index contributed by atoms with van der Waals surface area (Å²) in [6.45, 7) is 9.81. The summed E-state index contributed by atoms with van der Waals surface area (Å²) in [6, 6.07) is 3.47. The molecule has 252 valence electrons. The van der Waals surface area contributed by atoms with Crippen molar-refractivity contribution in [2.24, 2.45) is 23.0 Å². The normalized spacial score (nSPS) is 24.3. The molecule has 3 heterocycles. The van der Waals surface area contributed by atoms with Crippen LogP contribution in [-0.2, 0) is 14.3 Å². The van der Waals surface area contributed by atoms with Gasteiger partial charge in [0.05, 0.1) is 29.9 Å². The zero-order valence-electron chi connectivity index (χ0n) is 27.5. The lowest BCUT2D eigenvalue weighted by molar-refractivity contribution is -0.141. The Bertz CT molecular complexity index is 1700. The summed E-state index contributed by atoms with van der Waals surface area (Å²) >= 11 is 8.29. The van der Waals surface area contributed by atoms with Gasteiger partial charge in [-0.05, 0) is 48.6 Å². The van der Waals surface area contributed by atoms with E-state index in [1.54, 1.807) is 23.5 Å². The molecule has 1 saturated heterocycles. The highest BCUT2D eigenvalue weighted by atomic mass is 35.5. The standard InChI is InChI=1S/C34H42ClN5O6S/c1-16(2)31-38-23(15-47-31)22-13-26(21-7-8-25(44-6)27(35)28(21)37-22)45-20-12-24(30(36)41)40(14-20)32(42)29(34(3,4)5)39-33(43)46-19-10-17-9-18(17)11-19/h7-8,13,15-20,24,29H,9-12,14H2,1-6H3,(H2,36,41)(H,39,43)/t17-,18+,19?,20-,24+,29-/m1/s1. The quantitative estimate of drug-likeness (QED) is 0.283. The number of primary amides is 1. The van der Waals surface area contributed by atoms with Crippen molar-refractivity contribution in [1.29, 1.82) is 0 Å². The Balaban J connectivity index is 1.26. The predicted molar refractivity (Wildman–Crippen MR) is 180 cm³/mol. The van der Waals surface area contributed by atoms with Crippen molar-refractivity contribution in [3.8, 4) is 22.9 Å². The third-order valence-electron chi connectivity index (χ3n) is 9.36. The first-order valence-electron chi connectivity index (χ1n) is 16.1. The van der Waals surface area contributed by atoms with Crippen molar-refractivity contribution < 1.29 is 28.6 Å². The molecule has 11 nitrogen and oxygen atoms in total. The average molecular weight is 684 g/mol. The molecule has 3 fully saturated rings. The molecular formula is C34H42ClN5O6S. The molecule has 3 N–H and O–H groups in total. The predicted octanol–water partition coefficient (Wildman–Crippen LogP) is 5.92. The molecular weight excluding hydrogens is 642 g/mol. The fourth-order valence-electron chi connectivity index (χ4n) is 6.71. The van der Waals surface area contributed by atoms with Gasteiger partial charge in [-0.2, -0.15) is 0 Å². The highest BCUT2D eigenvalue weighted by Crippen LogP contribution is 2.52. The van der Waals surface area contributed by atoms with Crippen LogP contribution in [0, 0.1) is 17.3 Å². The second-order valence-corrected chi connectivity index (χ2v) is 15.6. The minimum Gasteiger partial charge on any atom is -0.495 e. The van der Waals surface area contributed by atoms with Crippen LogP contribution in [-0.4, -0.2) is 70.7 Å². The molecule has 0 radical (unpaired) electrons. The van der Waals surface area contributed by atoms with E-state index >= 15 is 0 Å². The molecule has 6 rings (SSSR count). The number of rotatable bonds is 9. The Labute approximate surface area is 283 Å². The van der Waals surface area contributed by atoms with E-state index < -0.39 is 41.5 Å². The third-order valence-corrected chi connectivity index (χ3v) is 10.9. The van der Waals surface area contributed by atoms with Crippen LogP contribution in [0.5, 0.6) is 11.5 Å². The topological polar surface area (TPSA) is 146 Å². The summed E-state index contributed by atoms with van der Waals surface area (Å²) < 4.78 is 17.7. The van der Waals surface area contributed by atoms with Gasteiger partial charge in [0.2, 0.25) is 11.8 Å². The molecule has 1 aliphatic heterocycles. The highest BCUT2D eigenvalue weighted by Gasteiger charge is 2.48. The number of methoxy groups -OCH3 is 1. The van der Waals surface area contributed by atoms with Crippen LogP contribution in [0.25, 0.3) is 22.3 Å². The zero-order chi connectivity index (χ0) is 33.8. The lowest BCUT2D eigenvalue weighted by atomic mass is 9.85. The number of alkyl carbamates (subject to hydrolysis) is 1. The fraction of sp³-hybridized carbons (Fsp3) is 0.559. The number of aromatic nitrogens is 2. The molecule has 2 aliphatic carbocycles. The molecule has 2 saturated carbocycles. The first kappa shape index (κ1) is 33.3. The van der Waals surface area contributed by atoms with Crippen LogP contribution in [0.4, 0.5) is 4.79 Å². The number of carbonyl (C=O) groups excluding carboxylic acids is 3. The lowest BCUT2D eigenvalue weighted by Crippen LogP contribution is -2.57. The van der Waals surface area contributed by atoms with Crippen molar-refractivity contribution in [2.75, 3.05) is 13.7 Å². The van der Waals surface area contributed by atoms with Crippen LogP contribution < -0.4 is 20.5 Å². The number of fused-ring (bicyclic) bond motifs is 2. The van der Waals surface area contributed by atoms with E-state index in [0.717, 1.165) is 17.8 Å². The van der Waals surface area contributed by atoms with Crippen molar-refractivity contribution in [3.63, 3.8) is 0 Å². The van der Waals surface area contributed by atoms with E-state index in [2.05, 4.69) is 19.2 Å². The molecule has 1 unspecified atom stereocenters. The van der Waals surface area contributed by atoms with Crippen LogP contribution in [0.15, 0.2) is 23.6 Å². The van der Waals surface area contributed by atoms with Crippen LogP contribution in [0.1, 0.15) is 71.2 Å². The maximum absolute atomic E-state index is 14.1. The van der Waals surface area contributed by atoms with Crippen molar-refractivity contribution in [2.45, 2.75) is 90.5 Å². The van der Waals surface area contributed by atoms with Gasteiger partial charge < -0.3 is 30.2 Å². The number of amides is 3. The van der Waals surface area contributed by atoms with Gasteiger partial charge >= 0.3 is 6.09 Å². The Morgan fingerprint density at radius 1 is 1.04 bits per heavy atom. The minimum atomic E-state index is -0.953. The smallest absolute Gasteiger partial charge is 0.408 e. The number of carbonyl (C=O) groups is 3. The number of nitrogens with zero attached hydrogens (tertiary/aromatic N) is 3. The van der Waals surface area contributed by atoms with Gasteiger partial charge in [0, 0.05) is 29.2 Å². The average Bonchev–Trinajstić information content (AvgIpc) is 3.39. The minimum absolute atomic E-state index is 0.0823.